The van der Waals surface area contributed by atoms with Crippen LogP contribution in [0.2, 0.25) is 0 Å². The first kappa shape index (κ1) is 11.2. The topological polar surface area (TPSA) is 37.3 Å². The molecule has 0 heterocycles. The number of Topliss-reactive ketones (excluding diaryl/α,β-unsaturated/α-hetero) is 1. The van der Waals surface area contributed by atoms with Crippen LogP contribution in [0.3, 0.4) is 0 Å². The number of carbonyl (C=O) groups is 1. The maximum Gasteiger partial charge on any atom is 0.165 e. The van der Waals surface area contributed by atoms with Gasteiger partial charge >= 0.3 is 0 Å². The molecular formula is C10H10BrFO2. The van der Waals surface area contributed by atoms with Crippen molar-refractivity contribution in [3.05, 3.63) is 27.5 Å². The first-order valence-electron chi connectivity index (χ1n) is 4.09. The fraction of sp³-hybridized carbons (Fsp3) is 0.300. The van der Waals surface area contributed by atoms with Gasteiger partial charge in [-0.3, -0.25) is 4.79 Å². The number of benzene rings is 1. The number of carbonyl (C=O) groups excluding carboxylic acids is 1. The van der Waals surface area contributed by atoms with Crippen molar-refractivity contribution in [2.45, 2.75) is 20.3 Å². The molecule has 0 aromatic heterocycles. The first-order chi connectivity index (χ1) is 6.43. The summed E-state index contributed by atoms with van der Waals surface area (Å²) < 4.78 is 13.7. The highest BCUT2D eigenvalue weighted by Crippen LogP contribution is 2.32. The fourth-order valence-electron chi connectivity index (χ4n) is 1.22. The zero-order chi connectivity index (χ0) is 10.9. The molecule has 0 fully saturated rings. The fourth-order valence-corrected chi connectivity index (χ4v) is 1.66. The predicted molar refractivity (Wildman–Crippen MR) is 54.9 cm³/mol. The third kappa shape index (κ3) is 2.12. The number of phenols is 1. The zero-order valence-corrected chi connectivity index (χ0v) is 9.48. The van der Waals surface area contributed by atoms with Crippen LogP contribution in [0.25, 0.3) is 0 Å². The van der Waals surface area contributed by atoms with Gasteiger partial charge in [-0.25, -0.2) is 4.39 Å². The van der Waals surface area contributed by atoms with Gasteiger partial charge in [-0.1, -0.05) is 15.9 Å². The molecule has 0 spiro atoms. The summed E-state index contributed by atoms with van der Waals surface area (Å²) in [5.74, 6) is -1.26. The van der Waals surface area contributed by atoms with E-state index < -0.39 is 11.6 Å². The molecule has 4 heteroatoms. The van der Waals surface area contributed by atoms with Crippen molar-refractivity contribution in [2.24, 2.45) is 0 Å². The Morgan fingerprint density at radius 2 is 2.21 bits per heavy atom. The van der Waals surface area contributed by atoms with Crippen LogP contribution in [0, 0.1) is 12.7 Å². The summed E-state index contributed by atoms with van der Waals surface area (Å²) in [6, 6.07) is 1.23. The minimum atomic E-state index is -0.693. The van der Waals surface area contributed by atoms with Gasteiger partial charge in [0.2, 0.25) is 0 Å². The molecular weight excluding hydrogens is 251 g/mol. The summed E-state index contributed by atoms with van der Waals surface area (Å²) in [6.45, 7) is 3.10. The molecule has 0 atom stereocenters. The summed E-state index contributed by atoms with van der Waals surface area (Å²) in [5.41, 5.74) is 0.978. The highest BCUT2D eigenvalue weighted by Gasteiger charge is 2.15. The van der Waals surface area contributed by atoms with E-state index in [1.807, 2.05) is 0 Å². The number of ketones is 1. The normalized spacial score (nSPS) is 10.3. The van der Waals surface area contributed by atoms with Crippen LogP contribution in [0.1, 0.15) is 18.1 Å². The number of rotatable bonds is 2. The molecule has 2 nitrogen and oxygen atoms in total. The molecule has 1 aromatic rings. The van der Waals surface area contributed by atoms with E-state index in [2.05, 4.69) is 15.9 Å². The van der Waals surface area contributed by atoms with E-state index in [-0.39, 0.29) is 12.2 Å². The minimum Gasteiger partial charge on any atom is -0.505 e. The van der Waals surface area contributed by atoms with Crippen LogP contribution in [0.4, 0.5) is 4.39 Å². The van der Waals surface area contributed by atoms with Crippen LogP contribution in [0.15, 0.2) is 10.5 Å². The van der Waals surface area contributed by atoms with Gasteiger partial charge in [0.15, 0.2) is 11.6 Å². The number of phenolic OH excluding ortho intramolecular Hbond substituents is 1. The molecule has 0 saturated carbocycles. The van der Waals surface area contributed by atoms with Crippen LogP contribution in [0.5, 0.6) is 5.75 Å². The lowest BCUT2D eigenvalue weighted by Crippen LogP contribution is -2.00. The van der Waals surface area contributed by atoms with Gasteiger partial charge in [-0.15, -0.1) is 0 Å². The number of hydrogen-bond acceptors (Lipinski definition) is 2. The highest BCUT2D eigenvalue weighted by atomic mass is 79.9. The molecule has 0 aliphatic rings. The molecule has 1 aromatic carbocycles. The van der Waals surface area contributed by atoms with E-state index in [0.717, 1.165) is 0 Å². The minimum absolute atomic E-state index is 0.0328. The molecule has 0 aliphatic carbocycles. The average molecular weight is 261 g/mol. The lowest BCUT2D eigenvalue weighted by Gasteiger charge is -2.09. The Kier molecular flexibility index (Phi) is 3.26. The van der Waals surface area contributed by atoms with Gasteiger partial charge in [0.25, 0.3) is 0 Å². The summed E-state index contributed by atoms with van der Waals surface area (Å²) in [5, 5.41) is 9.39. The van der Waals surface area contributed by atoms with E-state index >= 15 is 0 Å². The Morgan fingerprint density at radius 1 is 1.64 bits per heavy atom. The third-order valence-corrected chi connectivity index (χ3v) is 3.00. The van der Waals surface area contributed by atoms with Crippen LogP contribution in [-0.2, 0) is 11.2 Å². The van der Waals surface area contributed by atoms with Gasteiger partial charge in [-0.05, 0) is 25.5 Å². The van der Waals surface area contributed by atoms with Crippen molar-refractivity contribution in [1.82, 2.24) is 0 Å². The summed E-state index contributed by atoms with van der Waals surface area (Å²) in [7, 11) is 0. The lowest BCUT2D eigenvalue weighted by atomic mass is 10.1. The largest absolute Gasteiger partial charge is 0.505 e. The van der Waals surface area contributed by atoms with E-state index in [1.165, 1.54) is 13.0 Å². The van der Waals surface area contributed by atoms with Gasteiger partial charge in [0.1, 0.15) is 5.78 Å². The summed E-state index contributed by atoms with van der Waals surface area (Å²) in [6.07, 6.45) is 0.0328. The molecule has 1 rings (SSSR count). The first-order valence-corrected chi connectivity index (χ1v) is 4.88. The zero-order valence-electron chi connectivity index (χ0n) is 7.90. The second-order valence-corrected chi connectivity index (χ2v) is 3.99. The Labute approximate surface area is 89.9 Å². The molecule has 14 heavy (non-hydrogen) atoms. The smallest absolute Gasteiger partial charge is 0.165 e. The molecule has 76 valence electrons. The summed E-state index contributed by atoms with van der Waals surface area (Å²) in [4.78, 5) is 10.9. The maximum absolute atomic E-state index is 13.1. The van der Waals surface area contributed by atoms with E-state index in [9.17, 15) is 14.3 Å². The van der Waals surface area contributed by atoms with Gasteiger partial charge in [0.05, 0.1) is 0 Å². The van der Waals surface area contributed by atoms with Crippen molar-refractivity contribution >= 4 is 21.7 Å². The molecule has 0 aliphatic heterocycles. The third-order valence-electron chi connectivity index (χ3n) is 1.89. The van der Waals surface area contributed by atoms with Crippen molar-refractivity contribution in [3.8, 4) is 5.75 Å². The summed E-state index contributed by atoms with van der Waals surface area (Å²) >= 11 is 3.21. The number of aryl methyl sites for hydroxylation is 1. The Hall–Kier alpha value is -0.900. The van der Waals surface area contributed by atoms with Gasteiger partial charge < -0.3 is 5.11 Å². The van der Waals surface area contributed by atoms with Crippen molar-refractivity contribution in [3.63, 3.8) is 0 Å². The number of aromatic hydroxyl groups is 1. The molecule has 0 bridgehead atoms. The molecule has 0 radical (unpaired) electrons. The van der Waals surface area contributed by atoms with E-state index in [0.29, 0.717) is 15.6 Å². The predicted octanol–water partition coefficient (Wildman–Crippen LogP) is 2.73. The Morgan fingerprint density at radius 3 is 2.71 bits per heavy atom. The van der Waals surface area contributed by atoms with Crippen molar-refractivity contribution in [1.29, 1.82) is 0 Å². The maximum atomic E-state index is 13.1. The standard InChI is InChI=1S/C10H10BrFO2/c1-5-3-8(12)10(14)7(9(5)11)4-6(2)13/h3,14H,4H2,1-2H3. The van der Waals surface area contributed by atoms with Gasteiger partial charge in [0, 0.05) is 16.5 Å². The van der Waals surface area contributed by atoms with Gasteiger partial charge in [-0.2, -0.15) is 0 Å². The molecule has 0 unspecified atom stereocenters. The van der Waals surface area contributed by atoms with Crippen LogP contribution < -0.4 is 0 Å². The van der Waals surface area contributed by atoms with Crippen molar-refractivity contribution in [2.75, 3.05) is 0 Å². The van der Waals surface area contributed by atoms with E-state index in [1.54, 1.807) is 6.92 Å². The average Bonchev–Trinajstić information content (AvgIpc) is 2.09. The SMILES string of the molecule is CC(=O)Cc1c(O)c(F)cc(C)c1Br. The van der Waals surface area contributed by atoms with Crippen LogP contribution in [-0.4, -0.2) is 10.9 Å². The molecule has 0 amide bonds. The van der Waals surface area contributed by atoms with E-state index in [4.69, 9.17) is 0 Å². The Bertz CT molecular complexity index is 362. The molecule has 1 N–H and O–H groups in total. The number of hydrogen-bond donors (Lipinski definition) is 1. The monoisotopic (exact) mass is 260 g/mol. The second-order valence-electron chi connectivity index (χ2n) is 3.20. The lowest BCUT2D eigenvalue weighted by molar-refractivity contribution is -0.116. The van der Waals surface area contributed by atoms with Crippen LogP contribution >= 0.6 is 15.9 Å². The van der Waals surface area contributed by atoms with Crippen molar-refractivity contribution < 1.29 is 14.3 Å². The highest BCUT2D eigenvalue weighted by molar-refractivity contribution is 9.10. The quantitative estimate of drug-likeness (QED) is 0.888. The Balaban J connectivity index is 3.31. The second kappa shape index (κ2) is 4.09. The number of halogens is 2. The molecule has 0 saturated heterocycles.